The third-order valence-electron chi connectivity index (χ3n) is 8.78. The third kappa shape index (κ3) is 6.53. The Kier molecular flexibility index (Phi) is 9.14. The molecule has 1 aliphatic carbocycles. The van der Waals surface area contributed by atoms with Crippen LogP contribution in [0.4, 0.5) is 10.2 Å². The number of halogens is 1. The molecule has 2 saturated heterocycles. The molecule has 6 heterocycles. The summed E-state index contributed by atoms with van der Waals surface area (Å²) >= 11 is 9.64. The van der Waals surface area contributed by atoms with Gasteiger partial charge in [-0.3, -0.25) is 19.3 Å². The molecule has 4 N–H and O–H groups in total. The second kappa shape index (κ2) is 13.4. The summed E-state index contributed by atoms with van der Waals surface area (Å²) < 4.78 is 17.4. The zero-order valence-corrected chi connectivity index (χ0v) is 28.9. The molecular formula is C31H29FN6O7S4. The number of rotatable bonds is 10. The van der Waals surface area contributed by atoms with Crippen molar-refractivity contribution >= 4 is 92.0 Å². The van der Waals surface area contributed by atoms with Crippen LogP contribution in [0.3, 0.4) is 0 Å². The summed E-state index contributed by atoms with van der Waals surface area (Å²) in [5.41, 5.74) is -0.485. The zero-order chi connectivity index (χ0) is 34.6. The van der Waals surface area contributed by atoms with Crippen LogP contribution < -0.4 is 21.0 Å². The van der Waals surface area contributed by atoms with Gasteiger partial charge in [-0.15, -0.1) is 23.1 Å². The van der Waals surface area contributed by atoms with Gasteiger partial charge in [0, 0.05) is 47.8 Å². The van der Waals surface area contributed by atoms with Gasteiger partial charge in [-0.25, -0.2) is 19.0 Å². The summed E-state index contributed by atoms with van der Waals surface area (Å²) in [7, 11) is 0. The van der Waals surface area contributed by atoms with Crippen molar-refractivity contribution in [2.45, 2.75) is 49.2 Å². The van der Waals surface area contributed by atoms with Crippen LogP contribution in [0.1, 0.15) is 40.5 Å². The maximum Gasteiger partial charge on any atom is 0.352 e. The van der Waals surface area contributed by atoms with E-state index in [1.54, 1.807) is 9.47 Å². The molecule has 49 heavy (non-hydrogen) atoms. The maximum atomic E-state index is 15.4. The van der Waals surface area contributed by atoms with E-state index in [1.807, 2.05) is 17.5 Å². The summed E-state index contributed by atoms with van der Waals surface area (Å²) in [5, 5.41) is 26.8. The number of pyridine rings is 2. The SMILES string of the molecule is O=C(Cc1cccs1)N[C@@H]1C(=O)N2C(C(=O)O)=C(CSC(=S)NC3CCN(c4nc5c(cc4F)c(=O)c(C(=O)O)cn5C4CC4)C3)CS[C@H]12. The van der Waals surface area contributed by atoms with E-state index in [1.165, 1.54) is 46.0 Å². The lowest BCUT2D eigenvalue weighted by molar-refractivity contribution is -0.150. The van der Waals surface area contributed by atoms with Gasteiger partial charge in [0.1, 0.15) is 32.6 Å². The van der Waals surface area contributed by atoms with E-state index < -0.39 is 46.1 Å². The van der Waals surface area contributed by atoms with E-state index in [9.17, 15) is 34.2 Å². The van der Waals surface area contributed by atoms with Crippen LogP contribution in [0.15, 0.2) is 45.8 Å². The zero-order valence-electron chi connectivity index (χ0n) is 25.6. The molecular weight excluding hydrogens is 716 g/mol. The van der Waals surface area contributed by atoms with Crippen LogP contribution in [0, 0.1) is 5.82 Å². The van der Waals surface area contributed by atoms with E-state index in [0.29, 0.717) is 35.2 Å². The van der Waals surface area contributed by atoms with Crippen molar-refractivity contribution in [3.63, 3.8) is 0 Å². The Balaban J connectivity index is 0.976. The number of carboxylic acid groups (broad SMARTS) is 2. The van der Waals surface area contributed by atoms with Crippen molar-refractivity contribution in [2.24, 2.45) is 0 Å². The molecule has 3 aromatic heterocycles. The molecule has 7 rings (SSSR count). The average Bonchev–Trinajstić information content (AvgIpc) is 3.58. The second-order valence-electron chi connectivity index (χ2n) is 12.1. The van der Waals surface area contributed by atoms with Gasteiger partial charge in [0.05, 0.1) is 11.8 Å². The summed E-state index contributed by atoms with van der Waals surface area (Å²) in [4.78, 5) is 70.6. The van der Waals surface area contributed by atoms with Gasteiger partial charge in [-0.1, -0.05) is 30.0 Å². The highest BCUT2D eigenvalue weighted by atomic mass is 32.2. The summed E-state index contributed by atoms with van der Waals surface area (Å²) in [5.74, 6) is -3.42. The van der Waals surface area contributed by atoms with Crippen molar-refractivity contribution in [1.82, 2.24) is 25.1 Å². The molecule has 2 amide bonds. The molecule has 1 unspecified atom stereocenters. The number of aliphatic carboxylic acids is 1. The Morgan fingerprint density at radius 3 is 2.63 bits per heavy atom. The Hall–Kier alpha value is -4.00. The topological polar surface area (TPSA) is 174 Å². The fourth-order valence-electron chi connectivity index (χ4n) is 6.26. The number of nitrogens with zero attached hydrogens (tertiary/aromatic N) is 4. The normalized spacial score (nSPS) is 21.8. The standard InChI is InChI=1S/C31H29FN6O7S4/c32-20-9-18-24(40)19(29(42)43)11-37(16-3-4-16)25(18)35-26(20)36-6-5-15(10-36)33-31(46)49-13-14-12-48-28-22(27(41)38(28)23(14)30(44)45)34-21(39)8-17-2-1-7-47-17/h1-2,7,9,11,15-16,22,28H,3-6,8,10,12-13H2,(H,33,46)(H,34,39)(H,42,43)(H,44,45)/t15?,22-,28-/m1/s1. The number of carbonyl (C=O) groups is 4. The first-order valence-corrected chi connectivity index (χ1v) is 18.7. The Morgan fingerprint density at radius 1 is 1.14 bits per heavy atom. The monoisotopic (exact) mass is 744 g/mol. The number of amides is 2. The molecule has 1 saturated carbocycles. The highest BCUT2D eigenvalue weighted by Crippen LogP contribution is 2.41. The molecule has 256 valence electrons. The van der Waals surface area contributed by atoms with Crippen molar-refractivity contribution in [3.05, 3.63) is 67.5 Å². The molecule has 13 nitrogen and oxygen atoms in total. The lowest BCUT2D eigenvalue weighted by Gasteiger charge is -2.49. The minimum absolute atomic E-state index is 0.00247. The number of nitrogens with one attached hydrogen (secondary N) is 2. The van der Waals surface area contributed by atoms with E-state index >= 15 is 4.39 Å². The average molecular weight is 745 g/mol. The van der Waals surface area contributed by atoms with Crippen LogP contribution >= 0.6 is 47.1 Å². The van der Waals surface area contributed by atoms with Crippen LogP contribution in [0.2, 0.25) is 0 Å². The number of anilines is 1. The number of thiophene rings is 1. The smallest absolute Gasteiger partial charge is 0.352 e. The fraction of sp³-hybridized carbons (Fsp3) is 0.387. The fourth-order valence-corrected chi connectivity index (χ4v) is 9.58. The van der Waals surface area contributed by atoms with Crippen molar-refractivity contribution < 1.29 is 33.8 Å². The highest BCUT2D eigenvalue weighted by molar-refractivity contribution is 8.23. The van der Waals surface area contributed by atoms with Crippen molar-refractivity contribution in [3.8, 4) is 0 Å². The molecule has 3 aromatic rings. The molecule has 0 aromatic carbocycles. The van der Waals surface area contributed by atoms with Gasteiger partial charge >= 0.3 is 11.9 Å². The van der Waals surface area contributed by atoms with Gasteiger partial charge in [0.25, 0.3) is 5.91 Å². The van der Waals surface area contributed by atoms with Gasteiger partial charge in [0.2, 0.25) is 11.3 Å². The number of fused-ring (bicyclic) bond motifs is 2. The molecule has 0 bridgehead atoms. The predicted octanol–water partition coefficient (Wildman–Crippen LogP) is 2.80. The summed E-state index contributed by atoms with van der Waals surface area (Å²) in [6.07, 6.45) is 3.67. The number of aromatic carboxylic acids is 1. The second-order valence-corrected chi connectivity index (χ2v) is 15.9. The van der Waals surface area contributed by atoms with Crippen LogP contribution in [-0.2, 0) is 20.8 Å². The van der Waals surface area contributed by atoms with Gasteiger partial charge in [0.15, 0.2) is 11.6 Å². The molecule has 4 aliphatic rings. The molecule has 3 fully saturated rings. The van der Waals surface area contributed by atoms with Gasteiger partial charge < -0.3 is 30.3 Å². The highest BCUT2D eigenvalue weighted by Gasteiger charge is 2.54. The number of thiocarbonyl (C=S) groups is 1. The van der Waals surface area contributed by atoms with E-state index in [2.05, 4.69) is 15.6 Å². The number of hydrogen-bond donors (Lipinski definition) is 4. The summed E-state index contributed by atoms with van der Waals surface area (Å²) in [6, 6.07) is 3.79. The van der Waals surface area contributed by atoms with Gasteiger partial charge in [-0.05, 0) is 42.3 Å². The Morgan fingerprint density at radius 2 is 1.94 bits per heavy atom. The number of thioether (sulfide) groups is 2. The van der Waals surface area contributed by atoms with E-state index in [0.717, 1.165) is 23.8 Å². The molecule has 0 radical (unpaired) electrons. The lowest BCUT2D eigenvalue weighted by atomic mass is 10.0. The van der Waals surface area contributed by atoms with Crippen LogP contribution in [0.5, 0.6) is 0 Å². The van der Waals surface area contributed by atoms with E-state index in [-0.39, 0.29) is 52.7 Å². The predicted molar refractivity (Wildman–Crippen MR) is 188 cm³/mol. The molecule has 0 spiro atoms. The minimum Gasteiger partial charge on any atom is -0.477 e. The number of carboxylic acids is 2. The molecule has 3 atom stereocenters. The number of aromatic nitrogens is 2. The van der Waals surface area contributed by atoms with E-state index in [4.69, 9.17) is 12.2 Å². The first kappa shape index (κ1) is 33.5. The number of hydrogen-bond acceptors (Lipinski definition) is 11. The first-order chi connectivity index (χ1) is 23.5. The minimum atomic E-state index is -1.37. The maximum absolute atomic E-state index is 15.4. The lowest BCUT2D eigenvalue weighted by Crippen LogP contribution is -2.70. The number of carbonyl (C=O) groups excluding carboxylic acids is 2. The Bertz CT molecular complexity index is 2000. The molecule has 18 heteroatoms. The number of β-lactam (4-membered cyclic amide) rings is 1. The molecule has 3 aliphatic heterocycles. The Labute approximate surface area is 295 Å². The third-order valence-corrected chi connectivity index (χ3v) is 12.3. The van der Waals surface area contributed by atoms with Gasteiger partial charge in [-0.2, -0.15) is 0 Å². The van der Waals surface area contributed by atoms with Crippen molar-refractivity contribution in [2.75, 3.05) is 29.5 Å². The van der Waals surface area contributed by atoms with Crippen LogP contribution in [0.25, 0.3) is 11.0 Å². The largest absolute Gasteiger partial charge is 0.477 e. The van der Waals surface area contributed by atoms with Crippen molar-refractivity contribution in [1.29, 1.82) is 0 Å². The first-order valence-electron chi connectivity index (χ1n) is 15.4. The van der Waals surface area contributed by atoms with Crippen LogP contribution in [-0.4, -0.2) is 94.8 Å². The quantitative estimate of drug-likeness (QED) is 0.177. The summed E-state index contributed by atoms with van der Waals surface area (Å²) in [6.45, 7) is 0.815.